The third kappa shape index (κ3) is 3.44. The average molecular weight is 367 g/mol. The summed E-state index contributed by atoms with van der Waals surface area (Å²) in [7, 11) is 0. The van der Waals surface area contributed by atoms with E-state index in [1.54, 1.807) is 12.1 Å². The van der Waals surface area contributed by atoms with Crippen LogP contribution in [0.1, 0.15) is 33.6 Å². The fraction of sp³-hybridized carbons (Fsp3) is 0.318. The predicted octanol–water partition coefficient (Wildman–Crippen LogP) is 5.44. The van der Waals surface area contributed by atoms with Crippen molar-refractivity contribution in [1.29, 1.82) is 0 Å². The van der Waals surface area contributed by atoms with E-state index >= 15 is 0 Å². The molecule has 2 heterocycles. The van der Waals surface area contributed by atoms with Crippen LogP contribution in [0.25, 0.3) is 10.1 Å². The van der Waals surface area contributed by atoms with Crippen molar-refractivity contribution in [1.82, 2.24) is 4.90 Å². The lowest BCUT2D eigenvalue weighted by Crippen LogP contribution is -2.35. The highest BCUT2D eigenvalue weighted by molar-refractivity contribution is 7.19. The molecule has 1 aliphatic heterocycles. The van der Waals surface area contributed by atoms with E-state index in [0.29, 0.717) is 5.56 Å². The number of aryl methyl sites for hydroxylation is 1. The van der Waals surface area contributed by atoms with Gasteiger partial charge in [0, 0.05) is 27.6 Å². The lowest BCUT2D eigenvalue weighted by atomic mass is 9.89. The highest BCUT2D eigenvalue weighted by Gasteiger charge is 2.26. The molecule has 0 spiro atoms. The minimum absolute atomic E-state index is 0.0558. The molecule has 0 bridgehead atoms. The van der Waals surface area contributed by atoms with Gasteiger partial charge in [-0.3, -0.25) is 9.69 Å². The van der Waals surface area contributed by atoms with Crippen LogP contribution in [0.2, 0.25) is 0 Å². The van der Waals surface area contributed by atoms with Gasteiger partial charge in [-0.25, -0.2) is 4.39 Å². The molecule has 2 nitrogen and oxygen atoms in total. The molecule has 134 valence electrons. The van der Waals surface area contributed by atoms with E-state index in [1.165, 1.54) is 32.7 Å². The number of thiophene rings is 1. The van der Waals surface area contributed by atoms with E-state index < -0.39 is 0 Å². The van der Waals surface area contributed by atoms with Crippen molar-refractivity contribution in [2.75, 3.05) is 13.1 Å². The van der Waals surface area contributed by atoms with Gasteiger partial charge in [0.25, 0.3) is 0 Å². The van der Waals surface area contributed by atoms with E-state index in [-0.39, 0.29) is 17.5 Å². The monoisotopic (exact) mass is 367 g/mol. The molecular weight excluding hydrogens is 345 g/mol. The van der Waals surface area contributed by atoms with E-state index in [4.69, 9.17) is 0 Å². The Bertz CT molecular complexity index is 923. The molecule has 1 saturated heterocycles. The first-order valence-corrected chi connectivity index (χ1v) is 9.92. The first kappa shape index (κ1) is 17.4. The summed E-state index contributed by atoms with van der Waals surface area (Å²) >= 11 is 1.88. The zero-order chi connectivity index (χ0) is 18.1. The Kier molecular flexibility index (Phi) is 4.88. The summed E-state index contributed by atoms with van der Waals surface area (Å²) in [5.41, 5.74) is 2.01. The minimum Gasteiger partial charge on any atom is -0.298 e. The number of hydrogen-bond donors (Lipinski definition) is 0. The van der Waals surface area contributed by atoms with E-state index in [1.807, 2.05) is 11.3 Å². The molecule has 0 N–H and O–H groups in total. The highest BCUT2D eigenvalue weighted by atomic mass is 32.1. The van der Waals surface area contributed by atoms with Crippen LogP contribution in [0.4, 0.5) is 4.39 Å². The molecule has 2 aromatic carbocycles. The number of halogens is 1. The van der Waals surface area contributed by atoms with Crippen LogP contribution in [0.5, 0.6) is 0 Å². The minimum atomic E-state index is -0.296. The van der Waals surface area contributed by atoms with Crippen molar-refractivity contribution in [3.05, 3.63) is 70.4 Å². The van der Waals surface area contributed by atoms with E-state index in [0.717, 1.165) is 32.5 Å². The standard InChI is InChI=1S/C22H22FNOS/c1-15-19-4-2-3-5-20(19)26-21(15)14-24-12-10-17(11-13-24)22(25)16-6-8-18(23)9-7-16/h2-9,17H,10-14H2,1H3. The van der Waals surface area contributed by atoms with Gasteiger partial charge in [0.05, 0.1) is 0 Å². The van der Waals surface area contributed by atoms with E-state index in [9.17, 15) is 9.18 Å². The molecule has 0 saturated carbocycles. The molecule has 0 radical (unpaired) electrons. The van der Waals surface area contributed by atoms with Crippen LogP contribution < -0.4 is 0 Å². The molecule has 3 aromatic rings. The maximum atomic E-state index is 13.0. The number of rotatable bonds is 4. The van der Waals surface area contributed by atoms with Crippen molar-refractivity contribution < 1.29 is 9.18 Å². The Labute approximate surface area is 157 Å². The van der Waals surface area contributed by atoms with Gasteiger partial charge in [0.1, 0.15) is 5.82 Å². The molecule has 1 fully saturated rings. The third-order valence-electron chi connectivity index (χ3n) is 5.40. The molecule has 1 aliphatic rings. The van der Waals surface area contributed by atoms with Crippen molar-refractivity contribution in [2.24, 2.45) is 5.92 Å². The van der Waals surface area contributed by atoms with Gasteiger partial charge < -0.3 is 0 Å². The summed E-state index contributed by atoms with van der Waals surface area (Å²) in [4.78, 5) is 16.5. The van der Waals surface area contributed by atoms with Crippen LogP contribution in [-0.2, 0) is 6.54 Å². The molecule has 0 unspecified atom stereocenters. The summed E-state index contributed by atoms with van der Waals surface area (Å²) < 4.78 is 14.4. The number of benzene rings is 2. The maximum absolute atomic E-state index is 13.0. The second-order valence-electron chi connectivity index (χ2n) is 7.07. The van der Waals surface area contributed by atoms with Crippen molar-refractivity contribution in [3.63, 3.8) is 0 Å². The SMILES string of the molecule is Cc1c(CN2CCC(C(=O)c3ccc(F)cc3)CC2)sc2ccccc12. The zero-order valence-electron chi connectivity index (χ0n) is 14.9. The van der Waals surface area contributed by atoms with E-state index in [2.05, 4.69) is 36.1 Å². The summed E-state index contributed by atoms with van der Waals surface area (Å²) in [6.45, 7) is 5.04. The quantitative estimate of drug-likeness (QED) is 0.572. The van der Waals surface area contributed by atoms with Crippen molar-refractivity contribution in [2.45, 2.75) is 26.3 Å². The van der Waals surface area contributed by atoms with Crippen LogP contribution in [0.3, 0.4) is 0 Å². The topological polar surface area (TPSA) is 20.3 Å². The molecule has 4 heteroatoms. The Morgan fingerprint density at radius 3 is 2.50 bits per heavy atom. The fourth-order valence-electron chi connectivity index (χ4n) is 3.78. The largest absolute Gasteiger partial charge is 0.298 e. The highest BCUT2D eigenvalue weighted by Crippen LogP contribution is 2.32. The number of fused-ring (bicyclic) bond motifs is 1. The second kappa shape index (κ2) is 7.29. The molecule has 4 rings (SSSR count). The number of Topliss-reactive ketones (excluding diaryl/α,β-unsaturated/α-hetero) is 1. The molecule has 26 heavy (non-hydrogen) atoms. The summed E-state index contributed by atoms with van der Waals surface area (Å²) in [5, 5.41) is 1.36. The lowest BCUT2D eigenvalue weighted by Gasteiger charge is -2.31. The number of carbonyl (C=O) groups excluding carboxylic acids is 1. The second-order valence-corrected chi connectivity index (χ2v) is 8.20. The van der Waals surface area contributed by atoms with Gasteiger partial charge in [-0.2, -0.15) is 0 Å². The Morgan fingerprint density at radius 1 is 1.12 bits per heavy atom. The number of hydrogen-bond acceptors (Lipinski definition) is 3. The van der Waals surface area contributed by atoms with Crippen LogP contribution in [0, 0.1) is 18.7 Å². The third-order valence-corrected chi connectivity index (χ3v) is 6.65. The number of piperidine rings is 1. The van der Waals surface area contributed by atoms with Gasteiger partial charge in [-0.15, -0.1) is 11.3 Å². The fourth-order valence-corrected chi connectivity index (χ4v) is 5.04. The van der Waals surface area contributed by atoms with Gasteiger partial charge in [-0.1, -0.05) is 18.2 Å². The maximum Gasteiger partial charge on any atom is 0.166 e. The molecule has 0 amide bonds. The molecule has 0 atom stereocenters. The Balaban J connectivity index is 1.39. The summed E-state index contributed by atoms with van der Waals surface area (Å²) in [6.07, 6.45) is 1.75. The first-order chi connectivity index (χ1) is 12.6. The predicted molar refractivity (Wildman–Crippen MR) is 105 cm³/mol. The van der Waals surface area contributed by atoms with Gasteiger partial charge in [0.2, 0.25) is 0 Å². The Morgan fingerprint density at radius 2 is 1.81 bits per heavy atom. The van der Waals surface area contributed by atoms with Gasteiger partial charge >= 0.3 is 0 Å². The smallest absolute Gasteiger partial charge is 0.166 e. The zero-order valence-corrected chi connectivity index (χ0v) is 15.7. The number of likely N-dealkylation sites (tertiary alicyclic amines) is 1. The lowest BCUT2D eigenvalue weighted by molar-refractivity contribution is 0.0835. The van der Waals surface area contributed by atoms with Crippen LogP contribution in [0.15, 0.2) is 48.5 Å². The number of ketones is 1. The Hall–Kier alpha value is -2.04. The van der Waals surface area contributed by atoms with Gasteiger partial charge in [0.15, 0.2) is 5.78 Å². The first-order valence-electron chi connectivity index (χ1n) is 9.11. The molecular formula is C22H22FNOS. The average Bonchev–Trinajstić information content (AvgIpc) is 2.98. The number of carbonyl (C=O) groups is 1. The normalized spacial score (nSPS) is 16.2. The molecule has 1 aromatic heterocycles. The van der Waals surface area contributed by atoms with Gasteiger partial charge in [-0.05, 0) is 74.1 Å². The van der Waals surface area contributed by atoms with Crippen molar-refractivity contribution in [3.8, 4) is 0 Å². The van der Waals surface area contributed by atoms with Crippen molar-refractivity contribution >= 4 is 27.2 Å². The van der Waals surface area contributed by atoms with Crippen LogP contribution in [-0.4, -0.2) is 23.8 Å². The summed E-state index contributed by atoms with van der Waals surface area (Å²) in [5.74, 6) is -0.0852. The molecule has 0 aliphatic carbocycles. The summed E-state index contributed by atoms with van der Waals surface area (Å²) in [6, 6.07) is 14.5. The number of nitrogens with zero attached hydrogens (tertiary/aromatic N) is 1. The van der Waals surface area contributed by atoms with Crippen LogP contribution >= 0.6 is 11.3 Å².